The van der Waals surface area contributed by atoms with E-state index < -0.39 is 0 Å². The first-order valence-corrected chi connectivity index (χ1v) is 18.0. The highest BCUT2D eigenvalue weighted by Crippen LogP contribution is 2.41. The molecule has 0 amide bonds. The third-order valence-corrected chi connectivity index (χ3v) is 10.5. The van der Waals surface area contributed by atoms with E-state index in [1.54, 1.807) is 0 Å². The van der Waals surface area contributed by atoms with Gasteiger partial charge in [-0.15, -0.1) is 0 Å². The Kier molecular flexibility index (Phi) is 15.4. The molecule has 40 heavy (non-hydrogen) atoms. The second-order valence-electron chi connectivity index (χ2n) is 13.9. The maximum Gasteiger partial charge on any atom is 0.309 e. The Morgan fingerprint density at radius 1 is 0.500 bits per heavy atom. The number of carbonyl (C=O) groups excluding carboxylic acids is 2. The molecule has 0 radical (unpaired) electrons. The molecule has 3 rings (SSSR count). The number of hydrogen-bond acceptors (Lipinski definition) is 4. The molecule has 232 valence electrons. The zero-order valence-electron chi connectivity index (χ0n) is 26.6. The van der Waals surface area contributed by atoms with Crippen LogP contribution in [0.4, 0.5) is 0 Å². The van der Waals surface area contributed by atoms with Crippen LogP contribution in [0.1, 0.15) is 194 Å². The molecule has 4 heteroatoms. The average Bonchev–Trinajstić information content (AvgIpc) is 2.98. The molecule has 0 aromatic rings. The highest BCUT2D eigenvalue weighted by molar-refractivity contribution is 5.75. The minimum Gasteiger partial charge on any atom is -0.459 e. The van der Waals surface area contributed by atoms with Crippen molar-refractivity contribution in [3.63, 3.8) is 0 Å². The summed E-state index contributed by atoms with van der Waals surface area (Å²) in [5.74, 6) is -0.0450. The van der Waals surface area contributed by atoms with Gasteiger partial charge in [0, 0.05) is 0 Å². The fourth-order valence-corrected chi connectivity index (χ4v) is 7.81. The molecule has 0 saturated heterocycles. The van der Waals surface area contributed by atoms with Crippen LogP contribution in [0.15, 0.2) is 0 Å². The van der Waals surface area contributed by atoms with E-state index >= 15 is 0 Å². The lowest BCUT2D eigenvalue weighted by Gasteiger charge is -2.40. The summed E-state index contributed by atoms with van der Waals surface area (Å²) in [6.07, 6.45) is 31.9. The van der Waals surface area contributed by atoms with E-state index in [9.17, 15) is 9.59 Å². The Balaban J connectivity index is 1.44. The highest BCUT2D eigenvalue weighted by atomic mass is 16.6. The number of unbranched alkanes of at least 4 members (excludes halogenated alkanes) is 10. The number of rotatable bonds is 18. The Morgan fingerprint density at radius 2 is 0.825 bits per heavy atom. The van der Waals surface area contributed by atoms with Gasteiger partial charge in [-0.05, 0) is 103 Å². The van der Waals surface area contributed by atoms with Crippen molar-refractivity contribution in [3.05, 3.63) is 0 Å². The summed E-state index contributed by atoms with van der Waals surface area (Å²) in [6.45, 7) is 4.52. The lowest BCUT2D eigenvalue weighted by Crippen LogP contribution is -2.41. The zero-order valence-corrected chi connectivity index (χ0v) is 26.6. The minimum absolute atomic E-state index is 0.0199. The smallest absolute Gasteiger partial charge is 0.309 e. The van der Waals surface area contributed by atoms with Crippen molar-refractivity contribution < 1.29 is 19.1 Å². The van der Waals surface area contributed by atoms with Crippen molar-refractivity contribution in [3.8, 4) is 0 Å². The third-order valence-electron chi connectivity index (χ3n) is 10.5. The highest BCUT2D eigenvalue weighted by Gasteiger charge is 2.41. The van der Waals surface area contributed by atoms with Gasteiger partial charge in [0.25, 0.3) is 0 Å². The summed E-state index contributed by atoms with van der Waals surface area (Å²) >= 11 is 0. The van der Waals surface area contributed by atoms with E-state index in [1.807, 2.05) is 0 Å². The summed E-state index contributed by atoms with van der Waals surface area (Å²) in [5.41, 5.74) is -0.445. The molecule has 3 aliphatic carbocycles. The maximum absolute atomic E-state index is 13.4. The van der Waals surface area contributed by atoms with Gasteiger partial charge in [0.1, 0.15) is 11.2 Å². The lowest BCUT2D eigenvalue weighted by atomic mass is 9.79. The van der Waals surface area contributed by atoms with Gasteiger partial charge in [0.2, 0.25) is 0 Å². The van der Waals surface area contributed by atoms with Crippen LogP contribution in [0, 0.1) is 11.8 Å². The molecule has 3 aliphatic rings. The van der Waals surface area contributed by atoms with Gasteiger partial charge in [-0.2, -0.15) is 0 Å². The van der Waals surface area contributed by atoms with E-state index in [4.69, 9.17) is 9.47 Å². The van der Waals surface area contributed by atoms with Crippen molar-refractivity contribution in [1.29, 1.82) is 0 Å². The van der Waals surface area contributed by atoms with Crippen molar-refractivity contribution >= 4 is 11.9 Å². The predicted octanol–water partition coefficient (Wildman–Crippen LogP) is 10.8. The maximum atomic E-state index is 13.4. The first-order valence-electron chi connectivity index (χ1n) is 18.0. The molecule has 3 saturated carbocycles. The Hall–Kier alpha value is -1.06. The van der Waals surface area contributed by atoms with Gasteiger partial charge in [-0.1, -0.05) is 90.9 Å². The molecule has 4 nitrogen and oxygen atoms in total. The fraction of sp³-hybridized carbons (Fsp3) is 0.944. The van der Waals surface area contributed by atoms with Gasteiger partial charge in [0.15, 0.2) is 0 Å². The van der Waals surface area contributed by atoms with Crippen molar-refractivity contribution in [1.82, 2.24) is 0 Å². The average molecular weight is 561 g/mol. The van der Waals surface area contributed by atoms with Crippen LogP contribution in [-0.2, 0) is 19.1 Å². The predicted molar refractivity (Wildman–Crippen MR) is 165 cm³/mol. The van der Waals surface area contributed by atoms with E-state index in [0.29, 0.717) is 0 Å². The fourth-order valence-electron chi connectivity index (χ4n) is 7.81. The molecule has 0 aliphatic heterocycles. The van der Waals surface area contributed by atoms with Gasteiger partial charge in [-0.3, -0.25) is 9.59 Å². The van der Waals surface area contributed by atoms with Crippen LogP contribution in [0.25, 0.3) is 0 Å². The second kappa shape index (κ2) is 18.5. The number of esters is 2. The Bertz CT molecular complexity index is 636. The lowest BCUT2D eigenvalue weighted by molar-refractivity contribution is -0.176. The standard InChI is InChI=1S/C36H64O4/c1-3-5-7-9-11-15-25-35(27-17-13-18-28-35)39-33(37)31-21-23-32(24-22-31)34(38)40-36(29-19-14-20-30-36)26-16-12-10-8-6-4-2/h31-32H,3-30H2,1-2H3. The minimum atomic E-state index is -0.222. The van der Waals surface area contributed by atoms with Gasteiger partial charge in [0.05, 0.1) is 11.8 Å². The molecule has 0 atom stereocenters. The molecule has 3 fully saturated rings. The van der Waals surface area contributed by atoms with Gasteiger partial charge >= 0.3 is 11.9 Å². The number of ether oxygens (including phenoxy) is 2. The van der Waals surface area contributed by atoms with Crippen LogP contribution < -0.4 is 0 Å². The number of carbonyl (C=O) groups is 2. The number of hydrogen-bond donors (Lipinski definition) is 0. The molecule has 0 bridgehead atoms. The zero-order chi connectivity index (χ0) is 28.5. The summed E-state index contributed by atoms with van der Waals surface area (Å²) in [7, 11) is 0. The topological polar surface area (TPSA) is 52.6 Å². The Labute approximate surface area is 247 Å². The molecule has 0 unspecified atom stereocenters. The van der Waals surface area contributed by atoms with Crippen LogP contribution in [0.5, 0.6) is 0 Å². The van der Waals surface area contributed by atoms with E-state index in [0.717, 1.165) is 64.2 Å². The summed E-state index contributed by atoms with van der Waals surface area (Å²) in [4.78, 5) is 26.7. The van der Waals surface area contributed by atoms with Crippen molar-refractivity contribution in [2.75, 3.05) is 0 Å². The van der Waals surface area contributed by atoms with Gasteiger partial charge < -0.3 is 9.47 Å². The second-order valence-corrected chi connectivity index (χ2v) is 13.9. The third kappa shape index (κ3) is 11.3. The largest absolute Gasteiger partial charge is 0.459 e. The van der Waals surface area contributed by atoms with Crippen molar-refractivity contribution in [2.45, 2.75) is 205 Å². The SMILES string of the molecule is CCCCCCCCC1(OC(=O)C2CCC(C(=O)OC3(CCCCCCCC)CCCCC3)CC2)CCCCC1. The normalized spacial score (nSPS) is 24.4. The van der Waals surface area contributed by atoms with Crippen LogP contribution in [-0.4, -0.2) is 23.1 Å². The molecular weight excluding hydrogens is 496 g/mol. The Morgan fingerprint density at radius 3 is 1.18 bits per heavy atom. The summed E-state index contributed by atoms with van der Waals surface area (Å²) in [6, 6.07) is 0. The summed E-state index contributed by atoms with van der Waals surface area (Å²) in [5, 5.41) is 0. The first kappa shape index (κ1) is 33.4. The molecular formula is C36H64O4. The molecule has 0 aromatic carbocycles. The van der Waals surface area contributed by atoms with Crippen LogP contribution >= 0.6 is 0 Å². The first-order chi connectivity index (χ1) is 19.5. The molecule has 0 N–H and O–H groups in total. The van der Waals surface area contributed by atoms with Crippen LogP contribution in [0.3, 0.4) is 0 Å². The van der Waals surface area contributed by atoms with E-state index in [2.05, 4.69) is 13.8 Å². The van der Waals surface area contributed by atoms with Gasteiger partial charge in [-0.25, -0.2) is 0 Å². The van der Waals surface area contributed by atoms with E-state index in [1.165, 1.54) is 116 Å². The molecule has 0 spiro atoms. The molecule has 0 aromatic heterocycles. The van der Waals surface area contributed by atoms with Crippen molar-refractivity contribution in [2.24, 2.45) is 11.8 Å². The van der Waals surface area contributed by atoms with Crippen LogP contribution in [0.2, 0.25) is 0 Å². The quantitative estimate of drug-likeness (QED) is 0.124. The summed E-state index contributed by atoms with van der Waals surface area (Å²) < 4.78 is 12.8. The molecule has 0 heterocycles. The van der Waals surface area contributed by atoms with E-state index in [-0.39, 0.29) is 35.0 Å². The monoisotopic (exact) mass is 560 g/mol.